The Balaban J connectivity index is 2.74. The van der Waals surface area contributed by atoms with Crippen molar-refractivity contribution in [1.82, 2.24) is 0 Å². The van der Waals surface area contributed by atoms with Gasteiger partial charge in [0.15, 0.2) is 0 Å². The van der Waals surface area contributed by atoms with Crippen molar-refractivity contribution >= 4 is 0 Å². The predicted octanol–water partition coefficient (Wildman–Crippen LogP) is 4.07. The molecule has 3 heteroatoms. The zero-order valence-electron chi connectivity index (χ0n) is 12.3. The van der Waals surface area contributed by atoms with Crippen molar-refractivity contribution in [2.45, 2.75) is 26.2 Å². The lowest BCUT2D eigenvalue weighted by atomic mass is 9.84. The highest BCUT2D eigenvalue weighted by molar-refractivity contribution is 5.78. The van der Waals surface area contributed by atoms with Crippen LogP contribution >= 0.6 is 0 Å². The smallest absolute Gasteiger partial charge is 0.127 e. The van der Waals surface area contributed by atoms with Crippen LogP contribution in [0, 0.1) is 0 Å². The van der Waals surface area contributed by atoms with Crippen LogP contribution in [0.25, 0.3) is 11.1 Å². The van der Waals surface area contributed by atoms with Gasteiger partial charge in [-0.15, -0.1) is 0 Å². The molecule has 0 aliphatic rings. The predicted molar refractivity (Wildman–Crippen MR) is 80.5 cm³/mol. The van der Waals surface area contributed by atoms with Gasteiger partial charge in [-0.25, -0.2) is 0 Å². The molecule has 0 saturated heterocycles. The van der Waals surface area contributed by atoms with Crippen molar-refractivity contribution in [1.29, 1.82) is 0 Å². The monoisotopic (exact) mass is 272 g/mol. The highest BCUT2D eigenvalue weighted by atomic mass is 16.5. The highest BCUT2D eigenvalue weighted by Crippen LogP contribution is 2.43. The van der Waals surface area contributed by atoms with Gasteiger partial charge < -0.3 is 14.9 Å². The van der Waals surface area contributed by atoms with E-state index in [0.717, 1.165) is 5.56 Å². The first-order chi connectivity index (χ1) is 9.34. The summed E-state index contributed by atoms with van der Waals surface area (Å²) in [6.45, 7) is 6.07. The summed E-state index contributed by atoms with van der Waals surface area (Å²) in [7, 11) is 1.59. The van der Waals surface area contributed by atoms with E-state index in [1.54, 1.807) is 31.4 Å². The largest absolute Gasteiger partial charge is 0.507 e. The van der Waals surface area contributed by atoms with Crippen LogP contribution in [0.1, 0.15) is 26.3 Å². The molecule has 0 atom stereocenters. The van der Waals surface area contributed by atoms with E-state index < -0.39 is 0 Å². The molecule has 0 fully saturated rings. The molecule has 0 radical (unpaired) electrons. The Labute approximate surface area is 119 Å². The summed E-state index contributed by atoms with van der Waals surface area (Å²) in [5, 5.41) is 20.5. The second kappa shape index (κ2) is 5.08. The third-order valence-electron chi connectivity index (χ3n) is 3.32. The van der Waals surface area contributed by atoms with Crippen LogP contribution in [0.2, 0.25) is 0 Å². The van der Waals surface area contributed by atoms with E-state index in [9.17, 15) is 10.2 Å². The standard InChI is InChI=1S/C17H20O3/c1-17(2,3)14-10-11(20-4)9-13(16(14)19)12-7-5-6-8-15(12)18/h5-10,18-19H,1-4H3. The van der Waals surface area contributed by atoms with Crippen LogP contribution in [0.3, 0.4) is 0 Å². The number of aromatic hydroxyl groups is 2. The minimum absolute atomic E-state index is 0.135. The summed E-state index contributed by atoms with van der Waals surface area (Å²) < 4.78 is 5.31. The van der Waals surface area contributed by atoms with E-state index in [4.69, 9.17) is 4.74 Å². The quantitative estimate of drug-likeness (QED) is 0.866. The molecule has 0 unspecified atom stereocenters. The number of benzene rings is 2. The molecule has 0 amide bonds. The SMILES string of the molecule is COc1cc(-c2ccccc2O)c(O)c(C(C)(C)C)c1. The van der Waals surface area contributed by atoms with E-state index in [-0.39, 0.29) is 16.9 Å². The van der Waals surface area contributed by atoms with Crippen LogP contribution in [-0.4, -0.2) is 17.3 Å². The number of rotatable bonds is 2. The fourth-order valence-corrected chi connectivity index (χ4v) is 2.20. The Morgan fingerprint density at radius 2 is 1.60 bits per heavy atom. The molecule has 2 N–H and O–H groups in total. The lowest BCUT2D eigenvalue weighted by Crippen LogP contribution is -2.12. The first-order valence-electron chi connectivity index (χ1n) is 6.54. The van der Waals surface area contributed by atoms with Gasteiger partial charge in [0.05, 0.1) is 7.11 Å². The van der Waals surface area contributed by atoms with Crippen LogP contribution in [0.5, 0.6) is 17.2 Å². The number of para-hydroxylation sites is 1. The van der Waals surface area contributed by atoms with Gasteiger partial charge in [-0.1, -0.05) is 39.0 Å². The van der Waals surface area contributed by atoms with Crippen molar-refractivity contribution in [2.75, 3.05) is 7.11 Å². The summed E-state index contributed by atoms with van der Waals surface area (Å²) in [5.41, 5.74) is 1.73. The Morgan fingerprint density at radius 3 is 2.15 bits per heavy atom. The molecule has 0 heterocycles. The molecule has 2 rings (SSSR count). The molecule has 2 aromatic carbocycles. The minimum Gasteiger partial charge on any atom is -0.507 e. The Morgan fingerprint density at radius 1 is 0.950 bits per heavy atom. The van der Waals surface area contributed by atoms with Crippen molar-refractivity contribution < 1.29 is 14.9 Å². The maximum absolute atomic E-state index is 10.6. The molecule has 3 nitrogen and oxygen atoms in total. The first kappa shape index (κ1) is 14.3. The maximum atomic E-state index is 10.6. The molecular formula is C17H20O3. The van der Waals surface area contributed by atoms with Gasteiger partial charge in [-0.05, 0) is 23.6 Å². The van der Waals surface area contributed by atoms with Crippen molar-refractivity contribution in [2.24, 2.45) is 0 Å². The number of phenols is 2. The van der Waals surface area contributed by atoms with E-state index >= 15 is 0 Å². The van der Waals surface area contributed by atoms with Gasteiger partial charge in [0.25, 0.3) is 0 Å². The third kappa shape index (κ3) is 2.57. The molecule has 0 aromatic heterocycles. The van der Waals surface area contributed by atoms with Gasteiger partial charge in [-0.2, -0.15) is 0 Å². The minimum atomic E-state index is -0.224. The van der Waals surface area contributed by atoms with E-state index in [2.05, 4.69) is 0 Å². The summed E-state index contributed by atoms with van der Waals surface area (Å²) >= 11 is 0. The molecule has 0 spiro atoms. The molecule has 0 aliphatic carbocycles. The summed E-state index contributed by atoms with van der Waals surface area (Å²) in [4.78, 5) is 0. The topological polar surface area (TPSA) is 49.7 Å². The average molecular weight is 272 g/mol. The van der Waals surface area contributed by atoms with Gasteiger partial charge >= 0.3 is 0 Å². The van der Waals surface area contributed by atoms with Crippen LogP contribution < -0.4 is 4.74 Å². The molecule has 20 heavy (non-hydrogen) atoms. The maximum Gasteiger partial charge on any atom is 0.127 e. The average Bonchev–Trinajstić information content (AvgIpc) is 2.38. The van der Waals surface area contributed by atoms with Crippen LogP contribution in [0.15, 0.2) is 36.4 Å². The highest BCUT2D eigenvalue weighted by Gasteiger charge is 2.23. The first-order valence-corrected chi connectivity index (χ1v) is 6.54. The number of ether oxygens (including phenoxy) is 1. The van der Waals surface area contributed by atoms with Gasteiger partial charge in [0, 0.05) is 16.7 Å². The number of methoxy groups -OCH3 is 1. The normalized spacial score (nSPS) is 11.4. The zero-order valence-corrected chi connectivity index (χ0v) is 12.3. The van der Waals surface area contributed by atoms with E-state index in [1.165, 1.54) is 0 Å². The molecule has 0 saturated carbocycles. The lowest BCUT2D eigenvalue weighted by molar-refractivity contribution is 0.406. The lowest BCUT2D eigenvalue weighted by Gasteiger charge is -2.23. The van der Waals surface area contributed by atoms with E-state index in [0.29, 0.717) is 16.9 Å². The van der Waals surface area contributed by atoms with Crippen molar-refractivity contribution in [3.63, 3.8) is 0 Å². The third-order valence-corrected chi connectivity index (χ3v) is 3.32. The van der Waals surface area contributed by atoms with E-state index in [1.807, 2.05) is 32.9 Å². The Kier molecular flexibility index (Phi) is 3.62. The molecule has 106 valence electrons. The molecule has 0 bridgehead atoms. The molecule has 0 aliphatic heterocycles. The second-order valence-corrected chi connectivity index (χ2v) is 5.84. The fraction of sp³-hybridized carbons (Fsp3) is 0.294. The fourth-order valence-electron chi connectivity index (χ4n) is 2.20. The van der Waals surface area contributed by atoms with Gasteiger partial charge in [0.2, 0.25) is 0 Å². The van der Waals surface area contributed by atoms with Gasteiger partial charge in [-0.3, -0.25) is 0 Å². The Hall–Kier alpha value is -2.16. The summed E-state index contributed by atoms with van der Waals surface area (Å²) in [6.07, 6.45) is 0. The van der Waals surface area contributed by atoms with Crippen LogP contribution in [0.4, 0.5) is 0 Å². The number of hydrogen-bond acceptors (Lipinski definition) is 3. The number of phenolic OH excluding ortho intramolecular Hbond substituents is 2. The van der Waals surface area contributed by atoms with Crippen molar-refractivity contribution in [3.8, 4) is 28.4 Å². The summed E-state index contributed by atoms with van der Waals surface area (Å²) in [6, 6.07) is 10.5. The molecule has 2 aromatic rings. The molecular weight excluding hydrogens is 252 g/mol. The number of hydrogen-bond donors (Lipinski definition) is 2. The summed E-state index contributed by atoms with van der Waals surface area (Å²) in [5.74, 6) is 0.974. The second-order valence-electron chi connectivity index (χ2n) is 5.84. The van der Waals surface area contributed by atoms with Crippen LogP contribution in [-0.2, 0) is 5.41 Å². The zero-order chi connectivity index (χ0) is 14.9. The van der Waals surface area contributed by atoms with Crippen molar-refractivity contribution in [3.05, 3.63) is 42.0 Å². The van der Waals surface area contributed by atoms with Gasteiger partial charge in [0.1, 0.15) is 17.2 Å². The Bertz CT molecular complexity index is 625.